The maximum Gasteiger partial charge on any atom is 0.138 e. The first kappa shape index (κ1) is 29.9. The molecule has 0 bridgehead atoms. The molecule has 0 unspecified atom stereocenters. The zero-order valence-corrected chi connectivity index (χ0v) is 26.7. The Morgan fingerprint density at radius 2 is 1.30 bits per heavy atom. The fourth-order valence-corrected chi connectivity index (χ4v) is 4.88. The number of anilines is 3. The Kier molecular flexibility index (Phi) is 9.15. The van der Waals surface area contributed by atoms with E-state index in [2.05, 4.69) is 84.2 Å². The van der Waals surface area contributed by atoms with Crippen molar-refractivity contribution in [2.75, 3.05) is 4.90 Å². The van der Waals surface area contributed by atoms with Crippen LogP contribution in [0.2, 0.25) is 0 Å². The molecule has 0 N–H and O–H groups in total. The molecule has 4 nitrogen and oxygen atoms in total. The van der Waals surface area contributed by atoms with Gasteiger partial charge in [-0.05, 0) is 58.8 Å². The molecule has 215 valence electrons. The molecule has 43 heavy (non-hydrogen) atoms. The smallest absolute Gasteiger partial charge is 0.138 e. The van der Waals surface area contributed by atoms with Crippen molar-refractivity contribution in [3.63, 3.8) is 0 Å². The van der Waals surface area contributed by atoms with Gasteiger partial charge in [-0.25, -0.2) is 0 Å². The molecule has 0 amide bonds. The van der Waals surface area contributed by atoms with Gasteiger partial charge in [-0.15, -0.1) is 54.1 Å². The molecule has 2 aromatic heterocycles. The Labute approximate surface area is 267 Å². The zero-order chi connectivity index (χ0) is 28.9. The second-order valence-electron chi connectivity index (χ2n) is 11.0. The quantitative estimate of drug-likeness (QED) is 0.169. The van der Waals surface area contributed by atoms with Gasteiger partial charge in [0.1, 0.15) is 5.75 Å². The molecule has 1 aliphatic rings. The van der Waals surface area contributed by atoms with Crippen LogP contribution in [0, 0.1) is 12.1 Å². The van der Waals surface area contributed by atoms with Crippen molar-refractivity contribution in [1.29, 1.82) is 0 Å². The number of fused-ring (bicyclic) bond motifs is 2. The number of hydrogen-bond donors (Lipinski definition) is 0. The van der Waals surface area contributed by atoms with Crippen molar-refractivity contribution >= 4 is 17.1 Å². The van der Waals surface area contributed by atoms with Crippen LogP contribution in [0.25, 0.3) is 22.5 Å². The van der Waals surface area contributed by atoms with Gasteiger partial charge in [0.15, 0.2) is 0 Å². The number of rotatable bonds is 3. The molecule has 6 aromatic rings. The van der Waals surface area contributed by atoms with Crippen molar-refractivity contribution in [3.05, 3.63) is 151 Å². The molecule has 0 saturated heterocycles. The standard InChI is InChI=1S/C27H23N2O.C11H8N.Ir/c1-27(2,3)19-14-16-20(17-15-19)29-23-11-4-5-13-25(23)30-26-21(9-8-12-24(26)29)22-10-6-7-18-28-22;1-2-6-10(7-3-1)11-8-4-5-9-12-11;/h4-8,10-18H,1-3H3;1-6,8-9H;/q2*-1;. The topological polar surface area (TPSA) is 38.2 Å². The van der Waals surface area contributed by atoms with Crippen molar-refractivity contribution in [3.8, 4) is 34.0 Å². The Morgan fingerprint density at radius 3 is 1.95 bits per heavy atom. The minimum Gasteiger partial charge on any atom is -0.498 e. The van der Waals surface area contributed by atoms with Gasteiger partial charge >= 0.3 is 0 Å². The minimum absolute atomic E-state index is 0. The summed E-state index contributed by atoms with van der Waals surface area (Å²) in [6.45, 7) is 6.70. The van der Waals surface area contributed by atoms with E-state index >= 15 is 0 Å². The van der Waals surface area contributed by atoms with Crippen LogP contribution < -0.4 is 9.64 Å². The van der Waals surface area contributed by atoms with E-state index in [1.165, 1.54) is 5.56 Å². The number of benzene rings is 4. The summed E-state index contributed by atoms with van der Waals surface area (Å²) in [6, 6.07) is 46.9. The van der Waals surface area contributed by atoms with E-state index in [9.17, 15) is 0 Å². The molecular formula is C38H31IrN3O-2. The molecule has 1 radical (unpaired) electrons. The van der Waals surface area contributed by atoms with Crippen molar-refractivity contribution in [2.24, 2.45) is 0 Å². The molecule has 0 fully saturated rings. The summed E-state index contributed by atoms with van der Waals surface area (Å²) in [5, 5.41) is 0. The van der Waals surface area contributed by atoms with Crippen LogP contribution in [0.3, 0.4) is 0 Å². The Hall–Kier alpha value is -4.57. The third-order valence-electron chi connectivity index (χ3n) is 7.05. The van der Waals surface area contributed by atoms with Crippen molar-refractivity contribution in [2.45, 2.75) is 26.2 Å². The third kappa shape index (κ3) is 6.59. The molecule has 4 aromatic carbocycles. The van der Waals surface area contributed by atoms with E-state index in [1.54, 1.807) is 12.4 Å². The number of nitrogens with zero attached hydrogens (tertiary/aromatic N) is 3. The number of aromatic nitrogens is 2. The monoisotopic (exact) mass is 738 g/mol. The number of hydrogen-bond acceptors (Lipinski definition) is 4. The predicted molar refractivity (Wildman–Crippen MR) is 170 cm³/mol. The zero-order valence-electron chi connectivity index (χ0n) is 24.3. The largest absolute Gasteiger partial charge is 0.498 e. The van der Waals surface area contributed by atoms with Gasteiger partial charge in [0.05, 0.1) is 11.4 Å². The van der Waals surface area contributed by atoms with Gasteiger partial charge < -0.3 is 19.6 Å². The summed E-state index contributed by atoms with van der Waals surface area (Å²) in [5.74, 6) is 1.59. The van der Waals surface area contributed by atoms with Crippen LogP contribution in [-0.2, 0) is 25.5 Å². The second-order valence-corrected chi connectivity index (χ2v) is 11.0. The molecular weight excluding hydrogens is 707 g/mol. The van der Waals surface area contributed by atoms with E-state index in [4.69, 9.17) is 4.74 Å². The summed E-state index contributed by atoms with van der Waals surface area (Å²) in [6.07, 6.45) is 3.58. The Balaban J connectivity index is 0.000000238. The third-order valence-corrected chi connectivity index (χ3v) is 7.05. The first-order valence-electron chi connectivity index (χ1n) is 14.0. The van der Waals surface area contributed by atoms with Gasteiger partial charge in [-0.1, -0.05) is 74.9 Å². The molecule has 7 rings (SSSR count). The molecule has 0 aliphatic carbocycles. The van der Waals surface area contributed by atoms with Gasteiger partial charge in [-0.2, -0.15) is 0 Å². The van der Waals surface area contributed by atoms with E-state index < -0.39 is 0 Å². The second kappa shape index (κ2) is 13.2. The summed E-state index contributed by atoms with van der Waals surface area (Å²) in [4.78, 5) is 11.0. The maximum atomic E-state index is 6.38. The normalized spacial score (nSPS) is 11.6. The first-order valence-corrected chi connectivity index (χ1v) is 14.0. The molecule has 3 heterocycles. The van der Waals surface area contributed by atoms with Gasteiger partial charge in [0, 0.05) is 43.9 Å². The van der Waals surface area contributed by atoms with Crippen LogP contribution in [0.5, 0.6) is 11.5 Å². The van der Waals surface area contributed by atoms with E-state index in [1.807, 2.05) is 84.9 Å². The minimum atomic E-state index is 0. The van der Waals surface area contributed by atoms with E-state index in [0.717, 1.165) is 51.1 Å². The van der Waals surface area contributed by atoms with Crippen LogP contribution in [0.4, 0.5) is 17.1 Å². The van der Waals surface area contributed by atoms with E-state index in [-0.39, 0.29) is 25.5 Å². The summed E-state index contributed by atoms with van der Waals surface area (Å²) >= 11 is 0. The summed E-state index contributed by atoms with van der Waals surface area (Å²) in [7, 11) is 0. The van der Waals surface area contributed by atoms with Gasteiger partial charge in [0.2, 0.25) is 0 Å². The molecule has 1 aliphatic heterocycles. The van der Waals surface area contributed by atoms with E-state index in [0.29, 0.717) is 0 Å². The fraction of sp³-hybridized carbons (Fsp3) is 0.105. The SMILES string of the molecule is CC(C)(C)c1ccc(N2c3ccccc3Oc3c(-c4ccccn4)[c-]ccc32)cc1.[Ir].[c-]1ccccc1-c1ccccn1. The van der Waals surface area contributed by atoms with Crippen LogP contribution in [0.15, 0.2) is 134 Å². The molecule has 0 spiro atoms. The fourth-order valence-electron chi connectivity index (χ4n) is 4.88. The van der Waals surface area contributed by atoms with Crippen molar-refractivity contribution in [1.82, 2.24) is 9.97 Å². The van der Waals surface area contributed by atoms with Gasteiger partial charge in [-0.3, -0.25) is 0 Å². The summed E-state index contributed by atoms with van der Waals surface area (Å²) < 4.78 is 6.38. The van der Waals surface area contributed by atoms with Crippen LogP contribution in [0.1, 0.15) is 26.3 Å². The average Bonchev–Trinajstić information content (AvgIpc) is 3.04. The van der Waals surface area contributed by atoms with Crippen molar-refractivity contribution < 1.29 is 24.8 Å². The number of para-hydroxylation sites is 2. The maximum absolute atomic E-state index is 6.38. The summed E-state index contributed by atoms with van der Waals surface area (Å²) in [5.41, 5.74) is 8.23. The number of pyridine rings is 2. The molecule has 0 atom stereocenters. The van der Waals surface area contributed by atoms with Crippen LogP contribution in [-0.4, -0.2) is 9.97 Å². The first-order chi connectivity index (χ1) is 20.5. The predicted octanol–water partition coefficient (Wildman–Crippen LogP) is 9.97. The van der Waals surface area contributed by atoms with Gasteiger partial charge in [0.25, 0.3) is 0 Å². The Morgan fingerprint density at radius 1 is 0.628 bits per heavy atom. The molecule has 0 saturated carbocycles. The molecule has 5 heteroatoms. The van der Waals surface area contributed by atoms with Crippen LogP contribution >= 0.6 is 0 Å². The number of ether oxygens (including phenoxy) is 1. The average molecular weight is 738 g/mol. The Bertz CT molecular complexity index is 1730.